The summed E-state index contributed by atoms with van der Waals surface area (Å²) in [7, 11) is 0. The molecule has 0 spiro atoms. The van der Waals surface area contributed by atoms with Crippen molar-refractivity contribution >= 4 is 34.7 Å². The van der Waals surface area contributed by atoms with Crippen LogP contribution in [0.2, 0.25) is 0 Å². The average molecular weight is 469 g/mol. The lowest BCUT2D eigenvalue weighted by molar-refractivity contribution is -0.111. The van der Waals surface area contributed by atoms with Crippen LogP contribution in [0.4, 0.5) is 37.6 Å². The molecule has 0 radical (unpaired) electrons. The van der Waals surface area contributed by atoms with Crippen LogP contribution < -0.4 is 20.7 Å². The number of hydrogen-bond donors (Lipinski definition) is 3. The second kappa shape index (κ2) is 12.3. The zero-order valence-corrected chi connectivity index (χ0v) is 18.6. The van der Waals surface area contributed by atoms with Crippen molar-refractivity contribution in [2.24, 2.45) is 0 Å². The Morgan fingerprint density at radius 1 is 1.03 bits per heavy atom. The molecule has 0 saturated carbocycles. The fraction of sp³-hybridized carbons (Fsp3) is 0.208. The molecule has 0 aliphatic carbocycles. The summed E-state index contributed by atoms with van der Waals surface area (Å²) < 4.78 is 39.3. The minimum atomic E-state index is -0.689. The van der Waals surface area contributed by atoms with E-state index in [0.717, 1.165) is 18.7 Å². The number of carbonyl (C=O) groups is 1. The molecule has 3 aromatic rings. The first-order valence-corrected chi connectivity index (χ1v) is 10.6. The van der Waals surface area contributed by atoms with E-state index in [4.69, 9.17) is 9.47 Å². The van der Waals surface area contributed by atoms with E-state index >= 15 is 0 Å². The van der Waals surface area contributed by atoms with Crippen molar-refractivity contribution in [3.05, 3.63) is 73.0 Å². The molecule has 0 aliphatic heterocycles. The molecule has 178 valence electrons. The summed E-state index contributed by atoms with van der Waals surface area (Å²) in [5, 5.41) is 8.30. The highest BCUT2D eigenvalue weighted by atomic mass is 19.1. The highest BCUT2D eigenvalue weighted by Gasteiger charge is 2.10. The molecule has 2 aromatic carbocycles. The van der Waals surface area contributed by atoms with Gasteiger partial charge in [0.2, 0.25) is 11.9 Å². The molecular weight excluding hydrogens is 444 g/mol. The number of rotatable bonds is 12. The molecule has 1 aromatic heterocycles. The molecule has 10 heteroatoms. The first-order chi connectivity index (χ1) is 16.5. The zero-order chi connectivity index (χ0) is 24.3. The highest BCUT2D eigenvalue weighted by molar-refractivity contribution is 5.99. The summed E-state index contributed by atoms with van der Waals surface area (Å²) in [5.41, 5.74) is 1.34. The van der Waals surface area contributed by atoms with Crippen molar-refractivity contribution in [3.63, 3.8) is 0 Å². The van der Waals surface area contributed by atoms with Crippen molar-refractivity contribution in [1.82, 2.24) is 9.97 Å². The zero-order valence-electron chi connectivity index (χ0n) is 18.6. The van der Waals surface area contributed by atoms with Gasteiger partial charge in [-0.2, -0.15) is 4.98 Å². The number of hydrogen-bond acceptors (Lipinski definition) is 7. The molecular formula is C24H25F2N5O3. The van der Waals surface area contributed by atoms with E-state index in [1.165, 1.54) is 12.1 Å². The average Bonchev–Trinajstić information content (AvgIpc) is 2.82. The molecule has 0 bridgehead atoms. The van der Waals surface area contributed by atoms with Gasteiger partial charge in [-0.15, -0.1) is 0 Å². The minimum Gasteiger partial charge on any atom is -0.488 e. The van der Waals surface area contributed by atoms with E-state index in [1.54, 1.807) is 30.3 Å². The maximum Gasteiger partial charge on any atom is 0.247 e. The van der Waals surface area contributed by atoms with Gasteiger partial charge in [-0.25, -0.2) is 13.8 Å². The summed E-state index contributed by atoms with van der Waals surface area (Å²) in [6.07, 6.45) is 3.04. The molecule has 0 atom stereocenters. The molecule has 34 heavy (non-hydrogen) atoms. The number of aromatic nitrogens is 2. The van der Waals surface area contributed by atoms with Gasteiger partial charge in [0.05, 0.1) is 12.8 Å². The predicted octanol–water partition coefficient (Wildman–Crippen LogP) is 5.17. The molecule has 3 rings (SSSR count). The van der Waals surface area contributed by atoms with Crippen LogP contribution in [0.15, 0.2) is 61.3 Å². The number of amides is 1. The normalized spacial score (nSPS) is 10.4. The van der Waals surface area contributed by atoms with Gasteiger partial charge in [0.25, 0.3) is 0 Å². The number of anilines is 5. The highest BCUT2D eigenvalue weighted by Crippen LogP contribution is 2.25. The lowest BCUT2D eigenvalue weighted by Crippen LogP contribution is -2.08. The Bertz CT molecular complexity index is 1140. The number of nitrogens with zero attached hydrogens (tertiary/aromatic N) is 2. The minimum absolute atomic E-state index is 0.0565. The summed E-state index contributed by atoms with van der Waals surface area (Å²) in [6.45, 7) is 6.63. The molecule has 1 heterocycles. The maximum absolute atomic E-state index is 14.4. The number of ether oxygens (including phenoxy) is 2. The lowest BCUT2D eigenvalue weighted by atomic mass is 10.2. The fourth-order valence-corrected chi connectivity index (χ4v) is 2.80. The van der Waals surface area contributed by atoms with Crippen LogP contribution in [0, 0.1) is 11.6 Å². The van der Waals surface area contributed by atoms with Crippen LogP contribution in [-0.4, -0.2) is 35.7 Å². The van der Waals surface area contributed by atoms with Gasteiger partial charge < -0.3 is 25.4 Å². The van der Waals surface area contributed by atoms with Gasteiger partial charge >= 0.3 is 0 Å². The molecule has 8 nitrogen and oxygen atoms in total. The van der Waals surface area contributed by atoms with Crippen LogP contribution in [0.1, 0.15) is 13.3 Å². The Hall–Kier alpha value is -4.05. The van der Waals surface area contributed by atoms with E-state index in [-0.39, 0.29) is 30.0 Å². The number of carbonyl (C=O) groups excluding carboxylic acids is 1. The van der Waals surface area contributed by atoms with Crippen LogP contribution in [0.3, 0.4) is 0 Å². The van der Waals surface area contributed by atoms with Gasteiger partial charge in [0.1, 0.15) is 6.61 Å². The van der Waals surface area contributed by atoms with Crippen LogP contribution in [0.5, 0.6) is 5.75 Å². The van der Waals surface area contributed by atoms with Crippen molar-refractivity contribution in [1.29, 1.82) is 0 Å². The second-order valence-corrected chi connectivity index (χ2v) is 7.02. The Kier molecular flexibility index (Phi) is 8.87. The Balaban J connectivity index is 1.66. The van der Waals surface area contributed by atoms with Gasteiger partial charge in [-0.05, 0) is 42.8 Å². The van der Waals surface area contributed by atoms with Crippen LogP contribution in [-0.2, 0) is 9.53 Å². The number of halogens is 2. The SMILES string of the molecule is C=CC(=O)Nc1cccc(Nc2nc(Nc3ccc(OCCOCCC)c(F)c3)ncc2F)c1. The van der Waals surface area contributed by atoms with Crippen molar-refractivity contribution in [3.8, 4) is 5.75 Å². The summed E-state index contributed by atoms with van der Waals surface area (Å²) in [4.78, 5) is 19.5. The first kappa shape index (κ1) is 24.6. The van der Waals surface area contributed by atoms with Crippen molar-refractivity contribution in [2.75, 3.05) is 35.8 Å². The summed E-state index contributed by atoms with van der Waals surface area (Å²) in [6, 6.07) is 10.9. The number of benzene rings is 2. The Labute approximate surface area is 196 Å². The maximum atomic E-state index is 14.4. The molecule has 3 N–H and O–H groups in total. The quantitative estimate of drug-likeness (QED) is 0.249. The van der Waals surface area contributed by atoms with Gasteiger partial charge in [-0.1, -0.05) is 19.6 Å². The van der Waals surface area contributed by atoms with E-state index < -0.39 is 11.6 Å². The third-order valence-corrected chi connectivity index (χ3v) is 4.34. The van der Waals surface area contributed by atoms with Crippen molar-refractivity contribution < 1.29 is 23.0 Å². The van der Waals surface area contributed by atoms with E-state index in [9.17, 15) is 13.6 Å². The van der Waals surface area contributed by atoms with E-state index in [2.05, 4.69) is 32.5 Å². The topological polar surface area (TPSA) is 97.4 Å². The Morgan fingerprint density at radius 3 is 2.59 bits per heavy atom. The van der Waals surface area contributed by atoms with Gasteiger partial charge in [-0.3, -0.25) is 4.79 Å². The summed E-state index contributed by atoms with van der Waals surface area (Å²) >= 11 is 0. The predicted molar refractivity (Wildman–Crippen MR) is 127 cm³/mol. The molecule has 0 saturated heterocycles. The standard InChI is InChI=1S/C24H25F2N5O3/c1-3-10-33-11-12-34-21-9-8-18(14-19(21)25)30-24-27-15-20(26)23(31-24)29-17-7-5-6-16(13-17)28-22(32)4-2/h4-9,13-15H,2-3,10-12H2,1H3,(H,28,32)(H2,27,29,30,31). The first-order valence-electron chi connectivity index (χ1n) is 10.6. The monoisotopic (exact) mass is 469 g/mol. The largest absolute Gasteiger partial charge is 0.488 e. The van der Waals surface area contributed by atoms with Crippen LogP contribution >= 0.6 is 0 Å². The molecule has 1 amide bonds. The van der Waals surface area contributed by atoms with E-state index in [0.29, 0.717) is 30.3 Å². The fourth-order valence-electron chi connectivity index (χ4n) is 2.80. The van der Waals surface area contributed by atoms with E-state index in [1.807, 2.05) is 6.92 Å². The molecule has 0 aliphatic rings. The third kappa shape index (κ3) is 7.24. The van der Waals surface area contributed by atoms with Crippen LogP contribution in [0.25, 0.3) is 0 Å². The Morgan fingerprint density at radius 2 is 1.82 bits per heavy atom. The third-order valence-electron chi connectivity index (χ3n) is 4.34. The summed E-state index contributed by atoms with van der Waals surface area (Å²) in [5.74, 6) is -1.58. The van der Waals surface area contributed by atoms with Gasteiger partial charge in [0, 0.05) is 29.7 Å². The lowest BCUT2D eigenvalue weighted by Gasteiger charge is -2.12. The van der Waals surface area contributed by atoms with Gasteiger partial charge in [0.15, 0.2) is 23.2 Å². The number of nitrogens with one attached hydrogen (secondary N) is 3. The van der Waals surface area contributed by atoms with Crippen molar-refractivity contribution in [2.45, 2.75) is 13.3 Å². The molecule has 0 unspecified atom stereocenters. The smallest absolute Gasteiger partial charge is 0.247 e. The molecule has 0 fully saturated rings. The second-order valence-electron chi connectivity index (χ2n) is 7.02.